The SMILES string of the molecule is CC(=O)Oc1cccc2c1C(=O)c1c(O)cc(C=O)cc1C2=O. The van der Waals surface area contributed by atoms with Crippen LogP contribution in [0.15, 0.2) is 30.3 Å². The summed E-state index contributed by atoms with van der Waals surface area (Å²) < 4.78 is 4.98. The van der Waals surface area contributed by atoms with Crippen molar-refractivity contribution in [2.45, 2.75) is 6.92 Å². The first-order valence-electron chi connectivity index (χ1n) is 6.67. The van der Waals surface area contributed by atoms with E-state index < -0.39 is 23.3 Å². The first kappa shape index (κ1) is 14.6. The highest BCUT2D eigenvalue weighted by Gasteiger charge is 2.35. The first-order valence-corrected chi connectivity index (χ1v) is 6.67. The fraction of sp³-hybridized carbons (Fsp3) is 0.0588. The van der Waals surface area contributed by atoms with Crippen molar-refractivity contribution in [2.75, 3.05) is 0 Å². The number of aldehydes is 1. The van der Waals surface area contributed by atoms with Gasteiger partial charge in [-0.15, -0.1) is 0 Å². The van der Waals surface area contributed by atoms with Crippen LogP contribution < -0.4 is 4.74 Å². The van der Waals surface area contributed by atoms with Crippen LogP contribution in [0.2, 0.25) is 0 Å². The van der Waals surface area contributed by atoms with Crippen molar-refractivity contribution in [1.29, 1.82) is 0 Å². The number of fused-ring (bicyclic) bond motifs is 2. The number of esters is 1. The average Bonchev–Trinajstić information content (AvgIpc) is 2.51. The number of phenolic OH excluding ortho intramolecular Hbond substituents is 1. The molecule has 0 bridgehead atoms. The second-order valence-corrected chi connectivity index (χ2v) is 5.01. The van der Waals surface area contributed by atoms with E-state index in [2.05, 4.69) is 0 Å². The van der Waals surface area contributed by atoms with E-state index in [0.717, 1.165) is 6.07 Å². The monoisotopic (exact) mass is 310 g/mol. The summed E-state index contributed by atoms with van der Waals surface area (Å²) in [6, 6.07) is 6.67. The quantitative estimate of drug-likeness (QED) is 0.441. The Labute approximate surface area is 130 Å². The predicted octanol–water partition coefficient (Wildman–Crippen LogP) is 1.91. The standard InChI is InChI=1S/C17H10O6/c1-8(19)23-13-4-2-3-10-15(13)17(22)14-11(16(10)21)5-9(7-18)6-12(14)20/h2-7,20H,1H3. The lowest BCUT2D eigenvalue weighted by Crippen LogP contribution is -2.23. The molecule has 0 saturated carbocycles. The number of aromatic hydroxyl groups is 1. The van der Waals surface area contributed by atoms with Crippen molar-refractivity contribution >= 4 is 23.8 Å². The molecule has 0 unspecified atom stereocenters. The van der Waals surface area contributed by atoms with Gasteiger partial charge < -0.3 is 9.84 Å². The number of carbonyl (C=O) groups is 4. The van der Waals surface area contributed by atoms with Crippen LogP contribution in [0, 0.1) is 0 Å². The molecule has 0 aromatic heterocycles. The molecule has 0 heterocycles. The molecule has 0 saturated heterocycles. The molecular weight excluding hydrogens is 300 g/mol. The van der Waals surface area contributed by atoms with E-state index in [9.17, 15) is 24.3 Å². The second kappa shape index (κ2) is 5.17. The molecule has 6 nitrogen and oxygen atoms in total. The maximum absolute atomic E-state index is 12.7. The van der Waals surface area contributed by atoms with Gasteiger partial charge in [-0.3, -0.25) is 19.2 Å². The topological polar surface area (TPSA) is 97.7 Å². The van der Waals surface area contributed by atoms with Crippen molar-refractivity contribution < 1.29 is 29.0 Å². The molecule has 1 N–H and O–H groups in total. The molecule has 2 aromatic carbocycles. The summed E-state index contributed by atoms with van der Waals surface area (Å²) in [6.07, 6.45) is 0.475. The molecule has 1 aliphatic rings. The summed E-state index contributed by atoms with van der Waals surface area (Å²) in [6.45, 7) is 1.18. The van der Waals surface area contributed by atoms with Gasteiger partial charge in [0.05, 0.1) is 11.1 Å². The molecule has 6 heteroatoms. The molecule has 0 amide bonds. The minimum Gasteiger partial charge on any atom is -0.507 e. The fourth-order valence-corrected chi connectivity index (χ4v) is 2.60. The number of hydrogen-bond acceptors (Lipinski definition) is 6. The van der Waals surface area contributed by atoms with Gasteiger partial charge in [0, 0.05) is 23.6 Å². The Balaban J connectivity index is 2.29. The normalized spacial score (nSPS) is 12.4. The summed E-state index contributed by atoms with van der Waals surface area (Å²) in [5.41, 5.74) is -0.183. The van der Waals surface area contributed by atoms with Gasteiger partial charge in [-0.1, -0.05) is 12.1 Å². The second-order valence-electron chi connectivity index (χ2n) is 5.01. The largest absolute Gasteiger partial charge is 0.507 e. The van der Waals surface area contributed by atoms with Crippen molar-refractivity contribution in [1.82, 2.24) is 0 Å². The van der Waals surface area contributed by atoms with Gasteiger partial charge >= 0.3 is 5.97 Å². The smallest absolute Gasteiger partial charge is 0.308 e. The van der Waals surface area contributed by atoms with Crippen molar-refractivity contribution in [2.24, 2.45) is 0 Å². The Morgan fingerprint density at radius 2 is 1.83 bits per heavy atom. The van der Waals surface area contributed by atoms with Crippen molar-refractivity contribution in [3.8, 4) is 11.5 Å². The van der Waals surface area contributed by atoms with Gasteiger partial charge in [0.15, 0.2) is 5.78 Å². The fourth-order valence-electron chi connectivity index (χ4n) is 2.60. The number of benzene rings is 2. The number of ketones is 2. The van der Waals surface area contributed by atoms with E-state index >= 15 is 0 Å². The minimum absolute atomic E-state index is 0.0436. The highest BCUT2D eigenvalue weighted by molar-refractivity contribution is 6.30. The van der Waals surface area contributed by atoms with Crippen LogP contribution in [-0.2, 0) is 4.79 Å². The van der Waals surface area contributed by atoms with Crippen LogP contribution in [0.4, 0.5) is 0 Å². The Hall–Kier alpha value is -3.28. The van der Waals surface area contributed by atoms with E-state index in [-0.39, 0.29) is 33.6 Å². The van der Waals surface area contributed by atoms with Crippen LogP contribution in [0.3, 0.4) is 0 Å². The molecular formula is C17H10O6. The molecule has 1 aliphatic carbocycles. The maximum atomic E-state index is 12.7. The number of ether oxygens (including phenoxy) is 1. The molecule has 114 valence electrons. The van der Waals surface area contributed by atoms with E-state index in [1.54, 1.807) is 0 Å². The lowest BCUT2D eigenvalue weighted by atomic mass is 9.82. The Morgan fingerprint density at radius 3 is 2.48 bits per heavy atom. The first-order chi connectivity index (χ1) is 10.9. The molecule has 23 heavy (non-hydrogen) atoms. The van der Waals surface area contributed by atoms with Gasteiger partial charge in [-0.05, 0) is 18.2 Å². The average molecular weight is 310 g/mol. The third-order valence-corrected chi connectivity index (χ3v) is 3.50. The molecule has 0 aliphatic heterocycles. The van der Waals surface area contributed by atoms with Crippen molar-refractivity contribution in [3.05, 3.63) is 58.1 Å². The van der Waals surface area contributed by atoms with E-state index in [1.807, 2.05) is 0 Å². The zero-order valence-electron chi connectivity index (χ0n) is 12.0. The summed E-state index contributed by atoms with van der Waals surface area (Å²) in [5, 5.41) is 10.0. The van der Waals surface area contributed by atoms with Gasteiger partial charge in [-0.2, -0.15) is 0 Å². The Bertz CT molecular complexity index is 894. The third kappa shape index (κ3) is 2.20. The van der Waals surface area contributed by atoms with Gasteiger partial charge in [-0.25, -0.2) is 0 Å². The van der Waals surface area contributed by atoms with Crippen LogP contribution >= 0.6 is 0 Å². The Morgan fingerprint density at radius 1 is 1.09 bits per heavy atom. The minimum atomic E-state index is -0.638. The summed E-state index contributed by atoms with van der Waals surface area (Å²) in [4.78, 5) is 47.3. The maximum Gasteiger partial charge on any atom is 0.308 e. The molecule has 2 aromatic rings. The number of carbonyl (C=O) groups excluding carboxylic acids is 4. The molecule has 0 radical (unpaired) electrons. The van der Waals surface area contributed by atoms with Crippen LogP contribution in [0.1, 0.15) is 49.1 Å². The van der Waals surface area contributed by atoms with Gasteiger partial charge in [0.25, 0.3) is 0 Å². The molecule has 0 atom stereocenters. The lowest BCUT2D eigenvalue weighted by Gasteiger charge is -2.20. The van der Waals surface area contributed by atoms with Gasteiger partial charge in [0.2, 0.25) is 5.78 Å². The van der Waals surface area contributed by atoms with Crippen LogP contribution in [-0.4, -0.2) is 28.9 Å². The van der Waals surface area contributed by atoms with E-state index in [4.69, 9.17) is 4.74 Å². The highest BCUT2D eigenvalue weighted by atomic mass is 16.5. The predicted molar refractivity (Wildman–Crippen MR) is 78.1 cm³/mol. The third-order valence-electron chi connectivity index (χ3n) is 3.50. The summed E-state index contributed by atoms with van der Waals surface area (Å²) in [5.74, 6) is -2.31. The molecule has 0 spiro atoms. The summed E-state index contributed by atoms with van der Waals surface area (Å²) >= 11 is 0. The highest BCUT2D eigenvalue weighted by Crippen LogP contribution is 2.37. The van der Waals surface area contributed by atoms with Gasteiger partial charge in [0.1, 0.15) is 17.8 Å². The van der Waals surface area contributed by atoms with E-state index in [1.165, 1.54) is 31.2 Å². The zero-order chi connectivity index (χ0) is 16.7. The number of rotatable bonds is 2. The lowest BCUT2D eigenvalue weighted by molar-refractivity contribution is -0.131. The van der Waals surface area contributed by atoms with Crippen LogP contribution in [0.5, 0.6) is 11.5 Å². The molecule has 3 rings (SSSR count). The van der Waals surface area contributed by atoms with Crippen molar-refractivity contribution in [3.63, 3.8) is 0 Å². The summed E-state index contributed by atoms with van der Waals surface area (Å²) in [7, 11) is 0. The Kier molecular flexibility index (Phi) is 3.29. The number of phenols is 1. The van der Waals surface area contributed by atoms with Crippen LogP contribution in [0.25, 0.3) is 0 Å². The molecule has 0 fully saturated rings. The zero-order valence-corrected chi connectivity index (χ0v) is 12.0. The van der Waals surface area contributed by atoms with E-state index in [0.29, 0.717) is 6.29 Å². The number of hydrogen-bond donors (Lipinski definition) is 1.